The summed E-state index contributed by atoms with van der Waals surface area (Å²) >= 11 is 7.08. The van der Waals surface area contributed by atoms with Gasteiger partial charge in [0.05, 0.1) is 20.9 Å². The van der Waals surface area contributed by atoms with Gasteiger partial charge in [-0.25, -0.2) is 9.59 Å². The van der Waals surface area contributed by atoms with Crippen molar-refractivity contribution >= 4 is 46.0 Å². The second-order valence-electron chi connectivity index (χ2n) is 6.27. The van der Waals surface area contributed by atoms with Gasteiger partial charge in [-0.05, 0) is 36.4 Å². The van der Waals surface area contributed by atoms with Crippen LogP contribution < -0.4 is 10.4 Å². The maximum absolute atomic E-state index is 12.8. The van der Waals surface area contributed by atoms with E-state index in [0.29, 0.717) is 10.3 Å². The Morgan fingerprint density at radius 1 is 1.00 bits per heavy atom. The minimum Gasteiger partial charge on any atom is -0.422 e. The minimum atomic E-state index is -0.730. The molecular weight excluding hydrogens is 442 g/mol. The predicted octanol–water partition coefficient (Wildman–Crippen LogP) is 5.73. The Labute approximate surface area is 184 Å². The third kappa shape index (κ3) is 4.30. The molecule has 0 aliphatic rings. The van der Waals surface area contributed by atoms with E-state index in [-0.39, 0.29) is 32.5 Å². The van der Waals surface area contributed by atoms with Crippen molar-refractivity contribution in [3.63, 3.8) is 0 Å². The quantitative estimate of drug-likeness (QED) is 0.165. The molecule has 0 spiro atoms. The zero-order valence-electron chi connectivity index (χ0n) is 15.6. The SMILES string of the molecule is O=C(Oc1c(Sc2ccc([N+](=O)[O-])cc2)c(=O)oc2ccccc12)c1ccccc1Cl. The van der Waals surface area contributed by atoms with Crippen molar-refractivity contribution in [2.24, 2.45) is 0 Å². The smallest absolute Gasteiger partial charge is 0.354 e. The highest BCUT2D eigenvalue weighted by Crippen LogP contribution is 2.38. The van der Waals surface area contributed by atoms with E-state index in [0.717, 1.165) is 11.8 Å². The van der Waals surface area contributed by atoms with Gasteiger partial charge in [0.25, 0.3) is 5.69 Å². The molecule has 31 heavy (non-hydrogen) atoms. The van der Waals surface area contributed by atoms with E-state index < -0.39 is 16.5 Å². The monoisotopic (exact) mass is 453 g/mol. The Morgan fingerprint density at radius 2 is 1.68 bits per heavy atom. The van der Waals surface area contributed by atoms with Crippen molar-refractivity contribution in [2.45, 2.75) is 9.79 Å². The second kappa shape index (κ2) is 8.63. The number of para-hydroxylation sites is 1. The molecule has 154 valence electrons. The van der Waals surface area contributed by atoms with Crippen molar-refractivity contribution < 1.29 is 18.9 Å². The van der Waals surface area contributed by atoms with E-state index in [4.69, 9.17) is 20.8 Å². The number of hydrogen-bond acceptors (Lipinski definition) is 7. The van der Waals surface area contributed by atoms with Crippen LogP contribution in [0, 0.1) is 10.1 Å². The molecule has 0 amide bonds. The van der Waals surface area contributed by atoms with E-state index in [9.17, 15) is 19.7 Å². The molecule has 9 heteroatoms. The minimum absolute atomic E-state index is 0.0279. The third-order valence-corrected chi connectivity index (χ3v) is 5.68. The second-order valence-corrected chi connectivity index (χ2v) is 7.76. The lowest BCUT2D eigenvalue weighted by atomic mass is 10.2. The van der Waals surface area contributed by atoms with E-state index >= 15 is 0 Å². The summed E-state index contributed by atoms with van der Waals surface area (Å²) in [5.74, 6) is -0.702. The van der Waals surface area contributed by atoms with Crippen molar-refractivity contribution in [3.05, 3.63) is 104 Å². The van der Waals surface area contributed by atoms with Gasteiger partial charge < -0.3 is 9.15 Å². The maximum atomic E-state index is 12.8. The largest absolute Gasteiger partial charge is 0.422 e. The van der Waals surface area contributed by atoms with Crippen molar-refractivity contribution in [1.82, 2.24) is 0 Å². The molecule has 0 bridgehead atoms. The van der Waals surface area contributed by atoms with Crippen LogP contribution in [0.4, 0.5) is 5.69 Å². The number of carbonyl (C=O) groups is 1. The molecule has 4 rings (SSSR count). The first-order valence-corrected chi connectivity index (χ1v) is 10.1. The fourth-order valence-corrected chi connectivity index (χ4v) is 3.91. The molecule has 3 aromatic carbocycles. The van der Waals surface area contributed by atoms with Crippen LogP contribution in [-0.4, -0.2) is 10.9 Å². The van der Waals surface area contributed by atoms with E-state index in [1.54, 1.807) is 42.5 Å². The molecule has 0 aliphatic carbocycles. The van der Waals surface area contributed by atoms with Crippen LogP contribution in [0.15, 0.2) is 91.8 Å². The fourth-order valence-electron chi connectivity index (χ4n) is 2.82. The van der Waals surface area contributed by atoms with Crippen molar-refractivity contribution in [1.29, 1.82) is 0 Å². The van der Waals surface area contributed by atoms with Gasteiger partial charge in [0.15, 0.2) is 5.75 Å². The standard InChI is InChI=1S/C22H12ClNO6S/c23-17-7-3-1-5-15(17)21(25)30-19-16-6-2-4-8-18(16)29-22(26)20(19)31-14-11-9-13(10-12-14)24(27)28/h1-12H. The summed E-state index contributed by atoms with van der Waals surface area (Å²) in [5.41, 5.74) is -0.389. The lowest BCUT2D eigenvalue weighted by molar-refractivity contribution is -0.384. The highest BCUT2D eigenvalue weighted by Gasteiger charge is 2.22. The first-order valence-electron chi connectivity index (χ1n) is 8.89. The van der Waals surface area contributed by atoms with Gasteiger partial charge in [0.2, 0.25) is 0 Å². The number of halogens is 1. The number of carbonyl (C=O) groups excluding carboxylic acids is 1. The Morgan fingerprint density at radius 3 is 2.39 bits per heavy atom. The molecule has 0 saturated carbocycles. The Balaban J connectivity index is 1.80. The van der Waals surface area contributed by atoms with Crippen LogP contribution in [-0.2, 0) is 0 Å². The van der Waals surface area contributed by atoms with Crippen LogP contribution in [0.5, 0.6) is 5.75 Å². The zero-order valence-corrected chi connectivity index (χ0v) is 17.2. The molecular formula is C22H12ClNO6S. The summed E-state index contributed by atoms with van der Waals surface area (Å²) in [4.78, 5) is 36.4. The summed E-state index contributed by atoms with van der Waals surface area (Å²) in [7, 11) is 0. The van der Waals surface area contributed by atoms with Crippen LogP contribution in [0.2, 0.25) is 5.02 Å². The summed E-state index contributed by atoms with van der Waals surface area (Å²) in [6, 6.07) is 18.7. The maximum Gasteiger partial charge on any atom is 0.354 e. The molecule has 0 unspecified atom stereocenters. The molecule has 0 atom stereocenters. The van der Waals surface area contributed by atoms with E-state index in [1.165, 1.54) is 30.3 Å². The molecule has 1 aromatic heterocycles. The van der Waals surface area contributed by atoms with Gasteiger partial charge >= 0.3 is 11.6 Å². The first-order chi connectivity index (χ1) is 14.9. The van der Waals surface area contributed by atoms with E-state index in [2.05, 4.69) is 0 Å². The molecule has 0 aliphatic heterocycles. The Kier molecular flexibility index (Phi) is 5.75. The summed E-state index contributed by atoms with van der Waals surface area (Å²) in [6.07, 6.45) is 0. The number of nitro groups is 1. The van der Waals surface area contributed by atoms with Gasteiger partial charge in [0.1, 0.15) is 10.5 Å². The number of nitro benzene ring substituents is 1. The fraction of sp³-hybridized carbons (Fsp3) is 0. The zero-order chi connectivity index (χ0) is 22.0. The van der Waals surface area contributed by atoms with Gasteiger partial charge in [0, 0.05) is 17.0 Å². The van der Waals surface area contributed by atoms with Crippen molar-refractivity contribution in [2.75, 3.05) is 0 Å². The average Bonchev–Trinajstić information content (AvgIpc) is 2.76. The molecule has 7 nitrogen and oxygen atoms in total. The van der Waals surface area contributed by atoms with E-state index in [1.807, 2.05) is 0 Å². The highest BCUT2D eigenvalue weighted by atomic mass is 35.5. The average molecular weight is 454 g/mol. The lowest BCUT2D eigenvalue weighted by Gasteiger charge is -2.12. The lowest BCUT2D eigenvalue weighted by Crippen LogP contribution is -2.13. The molecule has 1 heterocycles. The normalized spacial score (nSPS) is 10.7. The van der Waals surface area contributed by atoms with Crippen LogP contribution in [0.3, 0.4) is 0 Å². The molecule has 0 radical (unpaired) electrons. The van der Waals surface area contributed by atoms with Crippen LogP contribution in [0.25, 0.3) is 11.0 Å². The number of nitrogens with zero attached hydrogens (tertiary/aromatic N) is 1. The first kappa shape index (κ1) is 20.6. The van der Waals surface area contributed by atoms with Crippen LogP contribution >= 0.6 is 23.4 Å². The highest BCUT2D eigenvalue weighted by molar-refractivity contribution is 7.99. The predicted molar refractivity (Wildman–Crippen MR) is 116 cm³/mol. The molecule has 0 fully saturated rings. The number of fused-ring (bicyclic) bond motifs is 1. The number of benzene rings is 3. The summed E-state index contributed by atoms with van der Waals surface area (Å²) in [5, 5.41) is 11.5. The topological polar surface area (TPSA) is 99.6 Å². The number of esters is 1. The van der Waals surface area contributed by atoms with Gasteiger partial charge in [-0.15, -0.1) is 0 Å². The number of ether oxygens (including phenoxy) is 1. The number of hydrogen-bond donors (Lipinski definition) is 0. The summed E-state index contributed by atoms with van der Waals surface area (Å²) < 4.78 is 11.0. The van der Waals surface area contributed by atoms with Crippen LogP contribution in [0.1, 0.15) is 10.4 Å². The molecule has 0 N–H and O–H groups in total. The van der Waals surface area contributed by atoms with Gasteiger partial charge in [-0.2, -0.15) is 0 Å². The summed E-state index contributed by atoms with van der Waals surface area (Å²) in [6.45, 7) is 0. The molecule has 4 aromatic rings. The van der Waals surface area contributed by atoms with Gasteiger partial charge in [-0.1, -0.05) is 47.6 Å². The molecule has 0 saturated heterocycles. The van der Waals surface area contributed by atoms with Crippen molar-refractivity contribution in [3.8, 4) is 5.75 Å². The third-order valence-electron chi connectivity index (χ3n) is 4.28. The number of rotatable bonds is 5. The Bertz CT molecular complexity index is 1370. The number of non-ortho nitro benzene ring substituents is 1. The van der Waals surface area contributed by atoms with Gasteiger partial charge in [-0.3, -0.25) is 10.1 Å². The Hall–Kier alpha value is -3.62.